The molecule has 0 amide bonds. The van der Waals surface area contributed by atoms with Gasteiger partial charge in [0.1, 0.15) is 0 Å². The summed E-state index contributed by atoms with van der Waals surface area (Å²) in [6.07, 6.45) is 4.14. The highest BCUT2D eigenvalue weighted by Gasteiger charge is 2.00. The van der Waals surface area contributed by atoms with E-state index in [9.17, 15) is 0 Å². The molecule has 4 nitrogen and oxygen atoms in total. The summed E-state index contributed by atoms with van der Waals surface area (Å²) in [5.74, 6) is 0.571. The normalized spacial score (nSPS) is 9.62. The lowest BCUT2D eigenvalue weighted by molar-refractivity contribution is 1.04. The summed E-state index contributed by atoms with van der Waals surface area (Å²) in [6, 6.07) is 0. The van der Waals surface area contributed by atoms with E-state index in [-0.39, 0.29) is 5.28 Å². The van der Waals surface area contributed by atoms with Crippen LogP contribution < -0.4 is 11.1 Å². The number of halogens is 1. The van der Waals surface area contributed by atoms with Crippen LogP contribution in [0.3, 0.4) is 0 Å². The fraction of sp³-hybridized carbons (Fsp3) is 0.250. The van der Waals surface area contributed by atoms with Gasteiger partial charge in [0.2, 0.25) is 5.28 Å². The molecule has 1 heterocycles. The van der Waals surface area contributed by atoms with Crippen molar-refractivity contribution in [1.82, 2.24) is 9.97 Å². The summed E-state index contributed by atoms with van der Waals surface area (Å²) in [4.78, 5) is 7.67. The molecular weight excluding hydrogens is 188 g/mol. The van der Waals surface area contributed by atoms with Crippen molar-refractivity contribution in [2.45, 2.75) is 6.42 Å². The van der Waals surface area contributed by atoms with Gasteiger partial charge in [-0.25, -0.2) is 4.98 Å². The number of nitrogens with zero attached hydrogens (tertiary/aromatic N) is 2. The third-order valence-electron chi connectivity index (χ3n) is 1.43. The Balaban J connectivity index is 2.64. The molecule has 0 bridgehead atoms. The van der Waals surface area contributed by atoms with E-state index in [0.717, 1.165) is 13.0 Å². The van der Waals surface area contributed by atoms with Crippen LogP contribution in [0.2, 0.25) is 5.28 Å². The molecule has 1 rings (SSSR count). The zero-order valence-corrected chi connectivity index (χ0v) is 7.88. The lowest BCUT2D eigenvalue weighted by atomic mass is 10.4. The summed E-state index contributed by atoms with van der Waals surface area (Å²) in [5, 5.41) is 3.21. The first-order valence-electron chi connectivity index (χ1n) is 3.87. The number of nitrogens with two attached hydrogens (primary N) is 1. The van der Waals surface area contributed by atoms with Crippen molar-refractivity contribution in [3.05, 3.63) is 24.1 Å². The second kappa shape index (κ2) is 4.67. The average Bonchev–Trinajstić information content (AvgIpc) is 2.11. The Morgan fingerprint density at radius 2 is 2.46 bits per heavy atom. The molecule has 0 aliphatic rings. The highest BCUT2D eigenvalue weighted by Crippen LogP contribution is 2.15. The maximum absolute atomic E-state index is 5.60. The molecule has 5 heteroatoms. The quantitative estimate of drug-likeness (QED) is 0.439. The molecule has 0 fully saturated rings. The van der Waals surface area contributed by atoms with Gasteiger partial charge in [0.25, 0.3) is 0 Å². The van der Waals surface area contributed by atoms with Gasteiger partial charge in [-0.15, -0.1) is 6.58 Å². The van der Waals surface area contributed by atoms with Crippen molar-refractivity contribution in [2.24, 2.45) is 0 Å². The molecule has 0 radical (unpaired) electrons. The standard InChI is InChI=1S/C8H11ClN4/c1-2-3-4-11-7-6(10)5-12-8(9)13-7/h2,5H,1,3-4,10H2,(H,11,12,13). The predicted molar refractivity (Wildman–Crippen MR) is 54.8 cm³/mol. The molecule has 70 valence electrons. The Morgan fingerprint density at radius 1 is 1.69 bits per heavy atom. The lowest BCUT2D eigenvalue weighted by Gasteiger charge is -2.05. The van der Waals surface area contributed by atoms with Gasteiger partial charge in [0.15, 0.2) is 5.82 Å². The van der Waals surface area contributed by atoms with Crippen LogP contribution in [0, 0.1) is 0 Å². The van der Waals surface area contributed by atoms with Gasteiger partial charge in [-0.2, -0.15) is 4.98 Å². The van der Waals surface area contributed by atoms with E-state index >= 15 is 0 Å². The van der Waals surface area contributed by atoms with Crippen molar-refractivity contribution >= 4 is 23.1 Å². The second-order valence-electron chi connectivity index (χ2n) is 2.45. The Kier molecular flexibility index (Phi) is 3.52. The maximum Gasteiger partial charge on any atom is 0.224 e. The van der Waals surface area contributed by atoms with E-state index < -0.39 is 0 Å². The molecule has 0 saturated carbocycles. The minimum atomic E-state index is 0.190. The number of aromatic nitrogens is 2. The molecule has 13 heavy (non-hydrogen) atoms. The highest BCUT2D eigenvalue weighted by molar-refractivity contribution is 6.28. The van der Waals surface area contributed by atoms with Gasteiger partial charge in [0, 0.05) is 6.54 Å². The maximum atomic E-state index is 5.60. The van der Waals surface area contributed by atoms with E-state index in [1.165, 1.54) is 6.20 Å². The molecule has 0 aliphatic carbocycles. The Morgan fingerprint density at radius 3 is 3.15 bits per heavy atom. The molecule has 0 aromatic carbocycles. The van der Waals surface area contributed by atoms with Crippen LogP contribution in [0.25, 0.3) is 0 Å². The van der Waals surface area contributed by atoms with E-state index in [4.69, 9.17) is 17.3 Å². The van der Waals surface area contributed by atoms with E-state index in [1.54, 1.807) is 0 Å². The predicted octanol–water partition coefficient (Wildman–Crippen LogP) is 1.70. The second-order valence-corrected chi connectivity index (χ2v) is 2.79. The number of hydrogen-bond acceptors (Lipinski definition) is 4. The lowest BCUT2D eigenvalue weighted by Crippen LogP contribution is -2.06. The first-order valence-corrected chi connectivity index (χ1v) is 4.24. The van der Waals surface area contributed by atoms with Crippen LogP contribution in [0.5, 0.6) is 0 Å². The molecule has 0 saturated heterocycles. The third kappa shape index (κ3) is 2.91. The van der Waals surface area contributed by atoms with Crippen LogP contribution in [-0.2, 0) is 0 Å². The monoisotopic (exact) mass is 198 g/mol. The van der Waals surface area contributed by atoms with Crippen molar-refractivity contribution in [3.63, 3.8) is 0 Å². The molecule has 1 aromatic rings. The van der Waals surface area contributed by atoms with Crippen LogP contribution in [0.15, 0.2) is 18.9 Å². The van der Waals surface area contributed by atoms with Crippen molar-refractivity contribution in [1.29, 1.82) is 0 Å². The fourth-order valence-corrected chi connectivity index (χ4v) is 0.937. The minimum absolute atomic E-state index is 0.190. The summed E-state index contributed by atoms with van der Waals surface area (Å²) < 4.78 is 0. The minimum Gasteiger partial charge on any atom is -0.394 e. The van der Waals surface area contributed by atoms with E-state index in [0.29, 0.717) is 11.5 Å². The van der Waals surface area contributed by atoms with Crippen molar-refractivity contribution < 1.29 is 0 Å². The number of anilines is 2. The molecule has 1 aromatic heterocycles. The van der Waals surface area contributed by atoms with Gasteiger partial charge in [0.05, 0.1) is 11.9 Å². The summed E-state index contributed by atoms with van der Waals surface area (Å²) in [6.45, 7) is 4.34. The first kappa shape index (κ1) is 9.80. The third-order valence-corrected chi connectivity index (χ3v) is 1.61. The van der Waals surface area contributed by atoms with Crippen LogP contribution in [0.4, 0.5) is 11.5 Å². The number of hydrogen-bond donors (Lipinski definition) is 2. The molecule has 0 unspecified atom stereocenters. The summed E-state index contributed by atoms with van der Waals surface area (Å²) in [7, 11) is 0. The van der Waals surface area contributed by atoms with Crippen LogP contribution in [0.1, 0.15) is 6.42 Å². The average molecular weight is 199 g/mol. The molecule has 3 N–H and O–H groups in total. The Labute approximate surface area is 81.8 Å². The van der Waals surface area contributed by atoms with Gasteiger partial charge in [-0.1, -0.05) is 6.08 Å². The first-order chi connectivity index (χ1) is 6.24. The number of nitrogens with one attached hydrogen (secondary N) is 1. The highest BCUT2D eigenvalue weighted by atomic mass is 35.5. The largest absolute Gasteiger partial charge is 0.394 e. The van der Waals surface area contributed by atoms with E-state index in [1.807, 2.05) is 6.08 Å². The molecular formula is C8H11ClN4. The molecule has 0 aliphatic heterocycles. The van der Waals surface area contributed by atoms with Crippen LogP contribution >= 0.6 is 11.6 Å². The zero-order valence-electron chi connectivity index (χ0n) is 7.13. The fourth-order valence-electron chi connectivity index (χ4n) is 0.804. The number of rotatable bonds is 4. The van der Waals surface area contributed by atoms with Crippen molar-refractivity contribution in [2.75, 3.05) is 17.6 Å². The van der Waals surface area contributed by atoms with Crippen LogP contribution in [-0.4, -0.2) is 16.5 Å². The number of nitrogen functional groups attached to an aromatic ring is 1. The molecule has 0 atom stereocenters. The Bertz CT molecular complexity index is 300. The summed E-state index contributed by atoms with van der Waals surface area (Å²) >= 11 is 5.59. The van der Waals surface area contributed by atoms with E-state index in [2.05, 4.69) is 21.9 Å². The van der Waals surface area contributed by atoms with Gasteiger partial charge in [-0.3, -0.25) is 0 Å². The SMILES string of the molecule is C=CCCNc1nc(Cl)ncc1N. The van der Waals surface area contributed by atoms with Gasteiger partial charge >= 0.3 is 0 Å². The zero-order chi connectivity index (χ0) is 9.68. The Hall–Kier alpha value is -1.29. The van der Waals surface area contributed by atoms with Crippen molar-refractivity contribution in [3.8, 4) is 0 Å². The smallest absolute Gasteiger partial charge is 0.224 e. The van der Waals surface area contributed by atoms with Gasteiger partial charge in [-0.05, 0) is 18.0 Å². The molecule has 0 spiro atoms. The van der Waals surface area contributed by atoms with Gasteiger partial charge < -0.3 is 11.1 Å². The summed E-state index contributed by atoms with van der Waals surface area (Å²) in [5.41, 5.74) is 6.09. The topological polar surface area (TPSA) is 63.8 Å².